The number of hydrogen-bond acceptors (Lipinski definition) is 5. The third-order valence-corrected chi connectivity index (χ3v) is 3.68. The lowest BCUT2D eigenvalue weighted by atomic mass is 10.2. The average Bonchev–Trinajstić information content (AvgIpc) is 2.70. The van der Waals surface area contributed by atoms with Gasteiger partial charge in [-0.1, -0.05) is 11.6 Å². The van der Waals surface area contributed by atoms with Gasteiger partial charge in [-0.2, -0.15) is 11.8 Å². The summed E-state index contributed by atoms with van der Waals surface area (Å²) >= 11 is 7.55. The van der Waals surface area contributed by atoms with Gasteiger partial charge >= 0.3 is 5.69 Å². The van der Waals surface area contributed by atoms with Gasteiger partial charge in [-0.3, -0.25) is 10.1 Å². The van der Waals surface area contributed by atoms with Crippen LogP contribution >= 0.6 is 23.4 Å². The molecule has 1 N–H and O–H groups in total. The van der Waals surface area contributed by atoms with Crippen LogP contribution in [0, 0.1) is 10.1 Å². The lowest BCUT2D eigenvalue weighted by Crippen LogP contribution is -2.19. The van der Waals surface area contributed by atoms with Gasteiger partial charge in [0.25, 0.3) is 0 Å². The number of hydrogen-bond donors (Lipinski definition) is 1. The summed E-state index contributed by atoms with van der Waals surface area (Å²) < 4.78 is 0. The summed E-state index contributed by atoms with van der Waals surface area (Å²) in [4.78, 5) is 14.3. The molecule has 1 atom stereocenters. The lowest BCUT2D eigenvalue weighted by molar-refractivity contribution is -0.384. The Labute approximate surface area is 102 Å². The summed E-state index contributed by atoms with van der Waals surface area (Å²) in [7, 11) is 0. The van der Waals surface area contributed by atoms with Crippen LogP contribution in [0.1, 0.15) is 6.42 Å². The van der Waals surface area contributed by atoms with Gasteiger partial charge in [-0.05, 0) is 18.2 Å². The minimum Gasteiger partial charge on any atom is -0.361 e. The number of anilines is 1. The summed E-state index contributed by atoms with van der Waals surface area (Å²) in [5.41, 5.74) is -0.0266. The van der Waals surface area contributed by atoms with Crippen LogP contribution in [0.3, 0.4) is 0 Å². The molecule has 16 heavy (non-hydrogen) atoms. The Bertz CT molecular complexity index is 410. The number of nitrogens with one attached hydrogen (secondary N) is 1. The second-order valence-electron chi connectivity index (χ2n) is 3.46. The summed E-state index contributed by atoms with van der Waals surface area (Å²) in [6.45, 7) is 0. The van der Waals surface area contributed by atoms with Crippen molar-refractivity contribution < 1.29 is 4.92 Å². The van der Waals surface area contributed by atoms with Crippen molar-refractivity contribution in [2.24, 2.45) is 0 Å². The van der Waals surface area contributed by atoms with Gasteiger partial charge in [-0.15, -0.1) is 0 Å². The molecular weight excluding hydrogens is 250 g/mol. The van der Waals surface area contributed by atoms with Gasteiger partial charge in [0.15, 0.2) is 0 Å². The maximum atomic E-state index is 10.8. The molecule has 5 nitrogen and oxygen atoms in total. The molecule has 0 radical (unpaired) electrons. The first-order valence-electron chi connectivity index (χ1n) is 4.82. The van der Waals surface area contributed by atoms with E-state index in [1.807, 2.05) is 11.8 Å². The molecule has 1 saturated heterocycles. The van der Waals surface area contributed by atoms with Crippen molar-refractivity contribution in [1.29, 1.82) is 0 Å². The predicted octanol–water partition coefficient (Wildman–Crippen LogP) is 2.56. The Morgan fingerprint density at radius 3 is 3.06 bits per heavy atom. The quantitative estimate of drug-likeness (QED) is 0.513. The molecule has 0 bridgehead atoms. The number of nitrogens with zero attached hydrogens (tertiary/aromatic N) is 2. The second kappa shape index (κ2) is 4.88. The number of halogens is 1. The highest BCUT2D eigenvalue weighted by molar-refractivity contribution is 7.99. The van der Waals surface area contributed by atoms with Crippen LogP contribution in [-0.2, 0) is 0 Å². The molecule has 0 amide bonds. The molecule has 7 heteroatoms. The normalized spacial score (nSPS) is 19.7. The van der Waals surface area contributed by atoms with Crippen molar-refractivity contribution in [1.82, 2.24) is 4.98 Å². The van der Waals surface area contributed by atoms with Gasteiger partial charge in [0, 0.05) is 17.9 Å². The van der Waals surface area contributed by atoms with Crippen molar-refractivity contribution in [3.05, 3.63) is 27.4 Å². The number of rotatable bonds is 3. The molecule has 1 aromatic rings. The smallest absolute Gasteiger partial charge is 0.311 e. The molecule has 0 aromatic carbocycles. The molecule has 0 saturated carbocycles. The molecule has 1 aliphatic heterocycles. The van der Waals surface area contributed by atoms with Crippen LogP contribution in [0.2, 0.25) is 5.15 Å². The fourth-order valence-corrected chi connectivity index (χ4v) is 2.82. The first kappa shape index (κ1) is 11.5. The molecule has 0 aliphatic carbocycles. The van der Waals surface area contributed by atoms with Crippen molar-refractivity contribution in [2.75, 3.05) is 16.8 Å². The fraction of sp³-hybridized carbons (Fsp3) is 0.444. The van der Waals surface area contributed by atoms with Crippen LogP contribution < -0.4 is 5.32 Å². The fourth-order valence-electron chi connectivity index (χ4n) is 1.52. The Morgan fingerprint density at radius 2 is 2.44 bits per heavy atom. The third-order valence-electron chi connectivity index (χ3n) is 2.31. The van der Waals surface area contributed by atoms with Crippen molar-refractivity contribution >= 4 is 34.9 Å². The topological polar surface area (TPSA) is 68.1 Å². The monoisotopic (exact) mass is 259 g/mol. The molecule has 86 valence electrons. The van der Waals surface area contributed by atoms with E-state index in [4.69, 9.17) is 11.6 Å². The molecule has 0 spiro atoms. The van der Waals surface area contributed by atoms with Crippen molar-refractivity contribution in [2.45, 2.75) is 12.5 Å². The number of thioether (sulfide) groups is 1. The largest absolute Gasteiger partial charge is 0.361 e. The second-order valence-corrected chi connectivity index (χ2v) is 5.00. The SMILES string of the molecule is O=[N+]([O-])c1ccc(Cl)nc1NC1CCSC1. The van der Waals surface area contributed by atoms with E-state index in [0.717, 1.165) is 17.9 Å². The summed E-state index contributed by atoms with van der Waals surface area (Å²) in [6.07, 6.45) is 0.996. The van der Waals surface area contributed by atoms with E-state index in [2.05, 4.69) is 10.3 Å². The first-order valence-corrected chi connectivity index (χ1v) is 6.35. The van der Waals surface area contributed by atoms with E-state index in [1.165, 1.54) is 12.1 Å². The Hall–Kier alpha value is -1.01. The van der Waals surface area contributed by atoms with E-state index in [1.54, 1.807) is 0 Å². The summed E-state index contributed by atoms with van der Waals surface area (Å²) in [6, 6.07) is 3.04. The minimum absolute atomic E-state index is 0.0266. The van der Waals surface area contributed by atoms with E-state index in [9.17, 15) is 10.1 Å². The molecule has 2 heterocycles. The molecular formula is C9H10ClN3O2S. The number of pyridine rings is 1. The summed E-state index contributed by atoms with van der Waals surface area (Å²) in [5.74, 6) is 2.29. The number of nitro groups is 1. The summed E-state index contributed by atoms with van der Waals surface area (Å²) in [5, 5.41) is 14.1. The van der Waals surface area contributed by atoms with E-state index in [0.29, 0.717) is 0 Å². The van der Waals surface area contributed by atoms with Crippen LogP contribution in [0.4, 0.5) is 11.5 Å². The molecule has 2 rings (SSSR count). The zero-order chi connectivity index (χ0) is 11.5. The van der Waals surface area contributed by atoms with Gasteiger partial charge in [0.1, 0.15) is 5.15 Å². The zero-order valence-electron chi connectivity index (χ0n) is 8.35. The molecule has 1 fully saturated rings. The zero-order valence-corrected chi connectivity index (χ0v) is 9.92. The van der Waals surface area contributed by atoms with Gasteiger partial charge in [-0.25, -0.2) is 4.98 Å². The highest BCUT2D eigenvalue weighted by Gasteiger charge is 2.21. The maximum Gasteiger partial charge on any atom is 0.311 e. The number of aromatic nitrogens is 1. The average molecular weight is 260 g/mol. The third kappa shape index (κ3) is 2.56. The van der Waals surface area contributed by atoms with E-state index in [-0.39, 0.29) is 22.7 Å². The Kier molecular flexibility index (Phi) is 3.50. The maximum absolute atomic E-state index is 10.8. The molecule has 1 unspecified atom stereocenters. The van der Waals surface area contributed by atoms with Gasteiger partial charge < -0.3 is 5.32 Å². The van der Waals surface area contributed by atoms with Crippen LogP contribution in [0.25, 0.3) is 0 Å². The standard InChI is InChI=1S/C9H10ClN3O2S/c10-8-2-1-7(13(14)15)9(12-8)11-6-3-4-16-5-6/h1-2,6H,3-5H2,(H,11,12). The predicted molar refractivity (Wildman–Crippen MR) is 65.3 cm³/mol. The van der Waals surface area contributed by atoms with Crippen LogP contribution in [-0.4, -0.2) is 27.5 Å². The van der Waals surface area contributed by atoms with Crippen LogP contribution in [0.15, 0.2) is 12.1 Å². The minimum atomic E-state index is -0.451. The first-order chi connectivity index (χ1) is 7.66. The highest BCUT2D eigenvalue weighted by atomic mass is 35.5. The lowest BCUT2D eigenvalue weighted by Gasteiger charge is -2.11. The Morgan fingerprint density at radius 1 is 1.62 bits per heavy atom. The van der Waals surface area contributed by atoms with Crippen molar-refractivity contribution in [3.63, 3.8) is 0 Å². The van der Waals surface area contributed by atoms with Gasteiger partial charge in [0.05, 0.1) is 4.92 Å². The van der Waals surface area contributed by atoms with Gasteiger partial charge in [0.2, 0.25) is 5.82 Å². The highest BCUT2D eigenvalue weighted by Crippen LogP contribution is 2.27. The van der Waals surface area contributed by atoms with Crippen LogP contribution in [0.5, 0.6) is 0 Å². The molecule has 1 aliphatic rings. The molecule has 1 aromatic heterocycles. The van der Waals surface area contributed by atoms with Crippen molar-refractivity contribution in [3.8, 4) is 0 Å². The van der Waals surface area contributed by atoms with E-state index >= 15 is 0 Å². The van der Waals surface area contributed by atoms with E-state index < -0.39 is 4.92 Å². The Balaban J connectivity index is 2.22.